The zero-order chi connectivity index (χ0) is 12.6. The first-order chi connectivity index (χ1) is 7.85. The van der Waals surface area contributed by atoms with Crippen molar-refractivity contribution in [2.45, 2.75) is 32.7 Å². The lowest BCUT2D eigenvalue weighted by molar-refractivity contribution is -0.115. The van der Waals surface area contributed by atoms with Gasteiger partial charge < -0.3 is 10.6 Å². The summed E-state index contributed by atoms with van der Waals surface area (Å²) in [6.45, 7) is 5.79. The van der Waals surface area contributed by atoms with E-state index in [1.165, 1.54) is 0 Å². The quantitative estimate of drug-likeness (QED) is 0.774. The van der Waals surface area contributed by atoms with Crippen molar-refractivity contribution in [3.05, 3.63) is 29.3 Å². The number of amides is 2. The second kappa shape index (κ2) is 3.87. The van der Waals surface area contributed by atoms with Crippen LogP contribution in [0.3, 0.4) is 0 Å². The standard InChI is InChI=1S/C13H16N2O2/c1-13(2,3)15-12(17)9-5-4-8-7-11(16)14-10(8)6-9/h4-6H,7H2,1-3H3,(H,14,16)(H,15,17). The van der Waals surface area contributed by atoms with Crippen LogP contribution >= 0.6 is 0 Å². The number of hydrogen-bond acceptors (Lipinski definition) is 2. The Hall–Kier alpha value is -1.84. The average molecular weight is 232 g/mol. The Labute approximate surface area is 100 Å². The third-order valence-corrected chi connectivity index (χ3v) is 2.49. The monoisotopic (exact) mass is 232 g/mol. The van der Waals surface area contributed by atoms with E-state index in [1.54, 1.807) is 12.1 Å². The fourth-order valence-corrected chi connectivity index (χ4v) is 1.77. The molecule has 0 saturated heterocycles. The highest BCUT2D eigenvalue weighted by Crippen LogP contribution is 2.24. The number of benzene rings is 1. The normalized spacial score (nSPS) is 14.2. The van der Waals surface area contributed by atoms with Crippen molar-refractivity contribution in [3.63, 3.8) is 0 Å². The van der Waals surface area contributed by atoms with E-state index in [-0.39, 0.29) is 17.4 Å². The zero-order valence-corrected chi connectivity index (χ0v) is 10.3. The van der Waals surface area contributed by atoms with Crippen LogP contribution in [0.15, 0.2) is 18.2 Å². The van der Waals surface area contributed by atoms with E-state index < -0.39 is 0 Å². The maximum atomic E-state index is 11.9. The summed E-state index contributed by atoms with van der Waals surface area (Å²) in [6.07, 6.45) is 0.399. The maximum Gasteiger partial charge on any atom is 0.251 e. The van der Waals surface area contributed by atoms with Crippen LogP contribution in [0, 0.1) is 0 Å². The van der Waals surface area contributed by atoms with E-state index in [1.807, 2.05) is 26.8 Å². The molecule has 0 radical (unpaired) electrons. The fraction of sp³-hybridized carbons (Fsp3) is 0.385. The molecule has 0 aromatic heterocycles. The van der Waals surface area contributed by atoms with Gasteiger partial charge in [-0.05, 0) is 38.5 Å². The van der Waals surface area contributed by atoms with Gasteiger partial charge in [-0.25, -0.2) is 0 Å². The summed E-state index contributed by atoms with van der Waals surface area (Å²) in [4.78, 5) is 23.1. The third-order valence-electron chi connectivity index (χ3n) is 2.49. The van der Waals surface area contributed by atoms with Gasteiger partial charge in [-0.1, -0.05) is 6.07 Å². The topological polar surface area (TPSA) is 58.2 Å². The summed E-state index contributed by atoms with van der Waals surface area (Å²) in [5.41, 5.74) is 2.00. The van der Waals surface area contributed by atoms with Gasteiger partial charge in [0, 0.05) is 16.8 Å². The summed E-state index contributed by atoms with van der Waals surface area (Å²) < 4.78 is 0. The molecule has 0 fully saturated rings. The van der Waals surface area contributed by atoms with Crippen LogP contribution in [0.1, 0.15) is 36.7 Å². The van der Waals surface area contributed by atoms with Crippen molar-refractivity contribution in [1.82, 2.24) is 5.32 Å². The number of nitrogens with one attached hydrogen (secondary N) is 2. The Morgan fingerprint density at radius 2 is 2.06 bits per heavy atom. The molecule has 90 valence electrons. The summed E-state index contributed by atoms with van der Waals surface area (Å²) in [6, 6.07) is 5.30. The van der Waals surface area contributed by atoms with Crippen molar-refractivity contribution in [2.24, 2.45) is 0 Å². The number of rotatable bonds is 1. The lowest BCUT2D eigenvalue weighted by Crippen LogP contribution is -2.40. The van der Waals surface area contributed by atoms with Gasteiger partial charge in [0.15, 0.2) is 0 Å². The van der Waals surface area contributed by atoms with Crippen molar-refractivity contribution in [2.75, 3.05) is 5.32 Å². The predicted octanol–water partition coefficient (Wildman–Crippen LogP) is 1.71. The molecule has 0 saturated carbocycles. The summed E-state index contributed by atoms with van der Waals surface area (Å²) >= 11 is 0. The van der Waals surface area contributed by atoms with Crippen LogP contribution in [-0.4, -0.2) is 17.4 Å². The molecule has 0 unspecified atom stereocenters. The second-order valence-electron chi connectivity index (χ2n) is 5.30. The fourth-order valence-electron chi connectivity index (χ4n) is 1.77. The van der Waals surface area contributed by atoms with Crippen molar-refractivity contribution in [1.29, 1.82) is 0 Å². The first-order valence-electron chi connectivity index (χ1n) is 5.60. The lowest BCUT2D eigenvalue weighted by Gasteiger charge is -2.20. The Balaban J connectivity index is 2.22. The highest BCUT2D eigenvalue weighted by molar-refractivity contribution is 6.02. The molecule has 4 heteroatoms. The van der Waals surface area contributed by atoms with Crippen molar-refractivity contribution < 1.29 is 9.59 Å². The van der Waals surface area contributed by atoms with Gasteiger partial charge in [-0.2, -0.15) is 0 Å². The molecule has 1 aromatic carbocycles. The molecule has 0 atom stereocenters. The van der Waals surface area contributed by atoms with E-state index in [4.69, 9.17) is 0 Å². The van der Waals surface area contributed by atoms with Crippen molar-refractivity contribution >= 4 is 17.5 Å². The van der Waals surface area contributed by atoms with Crippen molar-refractivity contribution in [3.8, 4) is 0 Å². The van der Waals surface area contributed by atoms with Gasteiger partial charge in [-0.3, -0.25) is 9.59 Å². The van der Waals surface area contributed by atoms with Gasteiger partial charge in [0.1, 0.15) is 0 Å². The van der Waals surface area contributed by atoms with Gasteiger partial charge in [0.2, 0.25) is 5.91 Å². The zero-order valence-electron chi connectivity index (χ0n) is 10.3. The largest absolute Gasteiger partial charge is 0.347 e. The Morgan fingerprint density at radius 1 is 1.35 bits per heavy atom. The van der Waals surface area contributed by atoms with E-state index >= 15 is 0 Å². The molecule has 1 heterocycles. The number of carbonyl (C=O) groups is 2. The lowest BCUT2D eigenvalue weighted by atomic mass is 10.1. The highest BCUT2D eigenvalue weighted by Gasteiger charge is 2.20. The molecule has 2 rings (SSSR count). The van der Waals surface area contributed by atoms with Crippen LogP contribution in [0.5, 0.6) is 0 Å². The molecule has 0 bridgehead atoms. The summed E-state index contributed by atoms with van der Waals surface area (Å²) in [5, 5.41) is 5.62. The van der Waals surface area contributed by atoms with Gasteiger partial charge in [0.25, 0.3) is 5.91 Å². The van der Waals surface area contributed by atoms with E-state index in [2.05, 4.69) is 10.6 Å². The molecule has 1 aromatic rings. The molecule has 2 N–H and O–H groups in total. The number of anilines is 1. The van der Waals surface area contributed by atoms with E-state index in [9.17, 15) is 9.59 Å². The number of carbonyl (C=O) groups excluding carboxylic acids is 2. The van der Waals surface area contributed by atoms with Crippen LogP contribution in [0.25, 0.3) is 0 Å². The first-order valence-corrected chi connectivity index (χ1v) is 5.60. The molecule has 2 amide bonds. The van der Waals surface area contributed by atoms with Crippen LogP contribution in [-0.2, 0) is 11.2 Å². The molecule has 17 heavy (non-hydrogen) atoms. The molecular formula is C13H16N2O2. The average Bonchev–Trinajstić information content (AvgIpc) is 2.53. The molecule has 1 aliphatic rings. The predicted molar refractivity (Wildman–Crippen MR) is 66.0 cm³/mol. The third kappa shape index (κ3) is 2.64. The summed E-state index contributed by atoms with van der Waals surface area (Å²) in [7, 11) is 0. The second-order valence-corrected chi connectivity index (χ2v) is 5.30. The molecule has 4 nitrogen and oxygen atoms in total. The molecular weight excluding hydrogens is 216 g/mol. The highest BCUT2D eigenvalue weighted by atomic mass is 16.2. The smallest absolute Gasteiger partial charge is 0.251 e. The van der Waals surface area contributed by atoms with E-state index in [0.29, 0.717) is 12.0 Å². The van der Waals surface area contributed by atoms with Crippen LogP contribution < -0.4 is 10.6 Å². The van der Waals surface area contributed by atoms with Gasteiger partial charge in [-0.15, -0.1) is 0 Å². The Kier molecular flexibility index (Phi) is 2.65. The van der Waals surface area contributed by atoms with Gasteiger partial charge in [0.05, 0.1) is 6.42 Å². The minimum Gasteiger partial charge on any atom is -0.347 e. The molecule has 0 aliphatic carbocycles. The SMILES string of the molecule is CC(C)(C)NC(=O)c1ccc2c(c1)NC(=O)C2. The maximum absolute atomic E-state index is 11.9. The Bertz CT molecular complexity index is 487. The van der Waals surface area contributed by atoms with E-state index in [0.717, 1.165) is 11.3 Å². The van der Waals surface area contributed by atoms with Crippen LogP contribution in [0.4, 0.5) is 5.69 Å². The molecule has 1 aliphatic heterocycles. The minimum atomic E-state index is -0.265. The number of fused-ring (bicyclic) bond motifs is 1. The Morgan fingerprint density at radius 3 is 2.71 bits per heavy atom. The van der Waals surface area contributed by atoms with Gasteiger partial charge >= 0.3 is 0 Å². The minimum absolute atomic E-state index is 0.0200. The first kappa shape index (κ1) is 11.6. The number of hydrogen-bond donors (Lipinski definition) is 2. The summed E-state index contributed by atoms with van der Waals surface area (Å²) in [5.74, 6) is -0.144. The van der Waals surface area contributed by atoms with Crippen LogP contribution in [0.2, 0.25) is 0 Å². The molecule has 0 spiro atoms.